The molecule has 49 heavy (non-hydrogen) atoms. The van der Waals surface area contributed by atoms with Crippen LogP contribution in [0.5, 0.6) is 0 Å². The van der Waals surface area contributed by atoms with Gasteiger partial charge < -0.3 is 35.2 Å². The number of ether oxygens (including phenoxy) is 2. The number of methoxy groups -OCH3 is 1. The highest BCUT2D eigenvalue weighted by Gasteiger charge is 2.49. The topological polar surface area (TPSA) is 128 Å². The molecule has 258 valence electrons. The molecule has 9 nitrogen and oxygen atoms in total. The summed E-state index contributed by atoms with van der Waals surface area (Å²) < 4.78 is 10.8. The molecule has 0 saturated carbocycles. The average molecular weight is 665 g/mol. The number of hydrogen-bond acceptors (Lipinski definition) is 7. The van der Waals surface area contributed by atoms with Crippen molar-refractivity contribution in [1.29, 1.82) is 0 Å². The first-order valence-corrected chi connectivity index (χ1v) is 17.2. The quantitative estimate of drug-likeness (QED) is 0.170. The van der Waals surface area contributed by atoms with E-state index in [0.717, 1.165) is 73.4 Å². The van der Waals surface area contributed by atoms with Crippen LogP contribution in [-0.2, 0) is 25.5 Å². The third-order valence-electron chi connectivity index (χ3n) is 11.0. The number of H-pyrrole nitrogens is 2. The fourth-order valence-electron chi connectivity index (χ4n) is 8.14. The Morgan fingerprint density at radius 1 is 1.06 bits per heavy atom. The van der Waals surface area contributed by atoms with Gasteiger partial charge in [-0.3, -0.25) is 9.59 Å². The van der Waals surface area contributed by atoms with Crippen LogP contribution in [0.2, 0.25) is 0 Å². The van der Waals surface area contributed by atoms with Gasteiger partial charge in [-0.2, -0.15) is 0 Å². The molecular formula is C40H48N4O5. The van der Waals surface area contributed by atoms with Gasteiger partial charge in [0.05, 0.1) is 25.2 Å². The van der Waals surface area contributed by atoms with E-state index in [1.807, 2.05) is 26.8 Å². The summed E-state index contributed by atoms with van der Waals surface area (Å²) in [5.41, 5.74) is 11.5. The lowest BCUT2D eigenvalue weighted by Crippen LogP contribution is -2.37. The molecule has 0 spiro atoms. The van der Waals surface area contributed by atoms with Crippen LogP contribution >= 0.6 is 0 Å². The number of esters is 2. The molecule has 6 rings (SSSR count). The van der Waals surface area contributed by atoms with E-state index in [4.69, 9.17) is 15.9 Å². The van der Waals surface area contributed by atoms with Crippen LogP contribution in [0.4, 0.5) is 0 Å². The van der Waals surface area contributed by atoms with Crippen LogP contribution < -0.4 is 21.3 Å². The summed E-state index contributed by atoms with van der Waals surface area (Å²) in [4.78, 5) is 33.7. The van der Waals surface area contributed by atoms with Crippen molar-refractivity contribution in [2.24, 2.45) is 23.7 Å². The van der Waals surface area contributed by atoms with E-state index in [-0.39, 0.29) is 42.8 Å². The second-order valence-electron chi connectivity index (χ2n) is 14.0. The van der Waals surface area contributed by atoms with Crippen molar-refractivity contribution in [1.82, 2.24) is 20.6 Å². The fraction of sp³-hybridized carbons (Fsp3) is 0.450. The van der Waals surface area contributed by atoms with E-state index < -0.39 is 18.0 Å². The normalized spacial score (nSPS) is 27.9. The summed E-state index contributed by atoms with van der Waals surface area (Å²) in [6.07, 6.45) is 14.8. The van der Waals surface area contributed by atoms with Crippen LogP contribution in [0, 0.1) is 49.9 Å². The monoisotopic (exact) mass is 664 g/mol. The van der Waals surface area contributed by atoms with E-state index in [0.29, 0.717) is 12.0 Å². The van der Waals surface area contributed by atoms with Gasteiger partial charge in [-0.05, 0) is 106 Å². The average Bonchev–Trinajstić information content (AvgIpc) is 3.80. The molecule has 1 fully saturated rings. The summed E-state index contributed by atoms with van der Waals surface area (Å²) in [6, 6.07) is -0.378. The molecule has 2 aromatic heterocycles. The zero-order valence-electron chi connectivity index (χ0n) is 29.8. The third kappa shape index (κ3) is 5.86. The Bertz CT molecular complexity index is 2010. The highest BCUT2D eigenvalue weighted by molar-refractivity contribution is 5.88. The summed E-state index contributed by atoms with van der Waals surface area (Å²) in [5.74, 6) is 0.942. The largest absolute Gasteiger partial charge is 0.468 e. The maximum absolute atomic E-state index is 13.5. The standard InChI is InChI=1S/C40H48N4O5/c1-10-24-20(5)27-16-29-22(7)26(12-13-33(45)49-15-14-19(3)4)37(43-29)35-36(40(47)48-9)39(46)34-23(8)30(44-38(34)35)18-32-25(11-2)21(6)28(42-32)17-31(24)41-27/h1,14,16-18,22,24,26,36-37,39,41-44,46H,11-13,15H2,2-9H3/b29-16-,30-18-,31-17-/t22-,24-,26-,36+,37?,39-/m0/s1. The summed E-state index contributed by atoms with van der Waals surface area (Å²) in [6.45, 7) is 14.6. The second kappa shape index (κ2) is 13.3. The Kier molecular flexibility index (Phi) is 9.29. The zero-order valence-corrected chi connectivity index (χ0v) is 29.8. The molecule has 9 heteroatoms. The number of aliphatic hydroxyl groups is 1. The number of fused-ring (bicyclic) bond motifs is 8. The van der Waals surface area contributed by atoms with Gasteiger partial charge in [0, 0.05) is 57.1 Å². The van der Waals surface area contributed by atoms with E-state index in [1.54, 1.807) is 0 Å². The Morgan fingerprint density at radius 3 is 2.49 bits per heavy atom. The molecule has 2 aromatic rings. The van der Waals surface area contributed by atoms with Crippen molar-refractivity contribution in [3.63, 3.8) is 0 Å². The minimum atomic E-state index is -1.09. The molecule has 5 heterocycles. The lowest BCUT2D eigenvalue weighted by molar-refractivity contribution is -0.147. The van der Waals surface area contributed by atoms with Gasteiger partial charge in [0.15, 0.2) is 0 Å². The maximum atomic E-state index is 13.5. The minimum absolute atomic E-state index is 0.0281. The number of hydrogen-bond donors (Lipinski definition) is 5. The molecule has 0 amide bonds. The van der Waals surface area contributed by atoms with Gasteiger partial charge in [-0.15, -0.1) is 6.42 Å². The molecule has 1 aliphatic carbocycles. The molecule has 8 bridgehead atoms. The Labute approximate surface area is 288 Å². The number of aromatic amines is 2. The fourth-order valence-corrected chi connectivity index (χ4v) is 8.14. The van der Waals surface area contributed by atoms with Gasteiger partial charge in [-0.1, -0.05) is 25.3 Å². The number of aliphatic hydroxyl groups excluding tert-OH is 1. The van der Waals surface area contributed by atoms with Gasteiger partial charge in [-0.25, -0.2) is 0 Å². The SMILES string of the molecule is C#C[C@H]1C(C)=C2/C=C3\NC(C4=c5[nH]/c(c(C)c5[C@H](O)[C@@H]4C(=O)OC)=C\c4[nH]c(c(C)c4CC)/C=C/1N2)[C@@H](CCC(=O)OCC=C(C)C)[C@@H]3C. The van der Waals surface area contributed by atoms with E-state index in [9.17, 15) is 14.7 Å². The van der Waals surface area contributed by atoms with E-state index in [1.165, 1.54) is 12.7 Å². The lowest BCUT2D eigenvalue weighted by Gasteiger charge is -2.27. The van der Waals surface area contributed by atoms with Crippen LogP contribution in [-0.4, -0.2) is 46.8 Å². The van der Waals surface area contributed by atoms with E-state index >= 15 is 0 Å². The highest BCUT2D eigenvalue weighted by atomic mass is 16.5. The number of allylic oxidation sites excluding steroid dienone is 4. The molecule has 4 aliphatic rings. The second-order valence-corrected chi connectivity index (χ2v) is 14.0. The number of nitrogens with one attached hydrogen (secondary N) is 4. The molecule has 6 atom stereocenters. The van der Waals surface area contributed by atoms with Crippen LogP contribution in [0.1, 0.15) is 87.2 Å². The van der Waals surface area contributed by atoms with Crippen molar-refractivity contribution in [3.8, 4) is 12.3 Å². The number of carbonyl (C=O) groups is 2. The molecule has 1 saturated heterocycles. The smallest absolute Gasteiger partial charge is 0.315 e. The Morgan fingerprint density at radius 2 is 1.82 bits per heavy atom. The van der Waals surface area contributed by atoms with Gasteiger partial charge >= 0.3 is 11.9 Å². The van der Waals surface area contributed by atoms with Crippen molar-refractivity contribution < 1.29 is 24.2 Å². The van der Waals surface area contributed by atoms with Crippen LogP contribution in [0.25, 0.3) is 17.7 Å². The molecule has 0 aromatic carbocycles. The Balaban J connectivity index is 1.58. The molecule has 0 radical (unpaired) electrons. The van der Waals surface area contributed by atoms with Gasteiger partial charge in [0.1, 0.15) is 12.5 Å². The summed E-state index contributed by atoms with van der Waals surface area (Å²) >= 11 is 0. The third-order valence-corrected chi connectivity index (χ3v) is 11.0. The van der Waals surface area contributed by atoms with Crippen LogP contribution in [0.15, 0.2) is 40.4 Å². The molecular weight excluding hydrogens is 616 g/mol. The highest BCUT2D eigenvalue weighted by Crippen LogP contribution is 2.45. The molecule has 5 N–H and O–H groups in total. The van der Waals surface area contributed by atoms with Crippen molar-refractivity contribution in [2.45, 2.75) is 79.9 Å². The van der Waals surface area contributed by atoms with Crippen molar-refractivity contribution in [3.05, 3.63) is 84.7 Å². The van der Waals surface area contributed by atoms with E-state index in [2.05, 4.69) is 72.4 Å². The van der Waals surface area contributed by atoms with Crippen molar-refractivity contribution >= 4 is 29.7 Å². The summed E-state index contributed by atoms with van der Waals surface area (Å²) in [7, 11) is 1.35. The maximum Gasteiger partial charge on any atom is 0.315 e. The van der Waals surface area contributed by atoms with Crippen molar-refractivity contribution in [2.75, 3.05) is 13.7 Å². The molecule has 1 unspecified atom stereocenters. The zero-order chi connectivity index (χ0) is 35.3. The Hall–Kier alpha value is -4.68. The first-order chi connectivity index (χ1) is 23.4. The predicted octanol–water partition coefficient (Wildman–Crippen LogP) is 4.22. The number of rotatable bonds is 7. The first kappa shape index (κ1) is 34.2. The number of carbonyl (C=O) groups excluding carboxylic acids is 2. The molecule has 3 aliphatic heterocycles. The minimum Gasteiger partial charge on any atom is -0.468 e. The van der Waals surface area contributed by atoms with Gasteiger partial charge in [0.2, 0.25) is 0 Å². The first-order valence-electron chi connectivity index (χ1n) is 17.2. The van der Waals surface area contributed by atoms with Crippen LogP contribution in [0.3, 0.4) is 0 Å². The summed E-state index contributed by atoms with van der Waals surface area (Å²) in [5, 5.41) is 20.8. The number of aromatic nitrogens is 2. The lowest BCUT2D eigenvalue weighted by atomic mass is 9.80. The predicted molar refractivity (Wildman–Crippen MR) is 191 cm³/mol. The number of terminal acetylenes is 1. The van der Waals surface area contributed by atoms with Gasteiger partial charge in [0.25, 0.3) is 0 Å².